The van der Waals surface area contributed by atoms with Crippen molar-refractivity contribution in [3.05, 3.63) is 0 Å². The summed E-state index contributed by atoms with van der Waals surface area (Å²) in [7, 11) is 0. The Balaban J connectivity index is 1.33. The first kappa shape index (κ1) is 16.5. The molecule has 126 valence electrons. The van der Waals surface area contributed by atoms with E-state index in [2.05, 4.69) is 41.5 Å². The van der Waals surface area contributed by atoms with Gasteiger partial charge in [0.25, 0.3) is 0 Å². The van der Waals surface area contributed by atoms with Crippen LogP contribution in [0.1, 0.15) is 67.2 Å². The summed E-state index contributed by atoms with van der Waals surface area (Å²) >= 11 is 1.96. The van der Waals surface area contributed by atoms with Gasteiger partial charge in [-0.3, -0.25) is 0 Å². The van der Waals surface area contributed by atoms with Crippen LogP contribution in [0.4, 0.5) is 0 Å². The average Bonchev–Trinajstić information content (AvgIpc) is 2.46. The van der Waals surface area contributed by atoms with Crippen LogP contribution in [0.15, 0.2) is 0 Å². The molecule has 6 rings (SSSR count). The predicted octanol–water partition coefficient (Wildman–Crippen LogP) is 5.29. The van der Waals surface area contributed by atoms with Crippen molar-refractivity contribution in [2.24, 2.45) is 46.3 Å². The molecule has 6 saturated carbocycles. The van der Waals surface area contributed by atoms with Crippen molar-refractivity contribution >= 4 is 26.3 Å². The van der Waals surface area contributed by atoms with E-state index in [4.69, 9.17) is 0 Å². The number of hydrogen-bond acceptors (Lipinski definition) is 0. The molecule has 0 aromatic rings. The first-order chi connectivity index (χ1) is 10.2. The number of hydrogen-bond donors (Lipinski definition) is 0. The van der Waals surface area contributed by atoms with Gasteiger partial charge >= 0.3 is 149 Å². The monoisotopic (exact) mass is 434 g/mol. The SMILES string of the molecule is C[C@H]1[C@@H]([Se][Se][C@H]2C[C@@H]3C[C@H]([C@H]2C)C3(C)C)C[C@@H]2C[C@H]1C2(C)C. The van der Waals surface area contributed by atoms with Gasteiger partial charge in [-0.1, -0.05) is 0 Å². The van der Waals surface area contributed by atoms with Gasteiger partial charge in [0, 0.05) is 0 Å². The third-order valence-corrected chi connectivity index (χ3v) is 19.4. The normalized spacial score (nSPS) is 54.3. The molecule has 0 unspecified atom stereocenters. The van der Waals surface area contributed by atoms with Crippen LogP contribution in [0.25, 0.3) is 0 Å². The summed E-state index contributed by atoms with van der Waals surface area (Å²) in [5, 5.41) is 0. The van der Waals surface area contributed by atoms with Gasteiger partial charge in [-0.25, -0.2) is 0 Å². The van der Waals surface area contributed by atoms with Crippen LogP contribution in [0.5, 0.6) is 0 Å². The van der Waals surface area contributed by atoms with Crippen molar-refractivity contribution in [3.63, 3.8) is 0 Å². The molecule has 6 fully saturated rings. The Morgan fingerprint density at radius 2 is 1.00 bits per heavy atom. The van der Waals surface area contributed by atoms with Crippen molar-refractivity contribution in [2.75, 3.05) is 0 Å². The molecule has 4 bridgehead atoms. The van der Waals surface area contributed by atoms with Crippen LogP contribution in [0, 0.1) is 46.3 Å². The van der Waals surface area contributed by atoms with E-state index < -0.39 is 0 Å². The summed E-state index contributed by atoms with van der Waals surface area (Å²) in [5.41, 5.74) is 1.37. The molecule has 0 aliphatic heterocycles. The van der Waals surface area contributed by atoms with Gasteiger partial charge in [0.2, 0.25) is 0 Å². The van der Waals surface area contributed by atoms with Gasteiger partial charge in [-0.2, -0.15) is 0 Å². The van der Waals surface area contributed by atoms with E-state index in [9.17, 15) is 0 Å². The Bertz CT molecular complexity index is 413. The minimum atomic E-state index is 0.683. The van der Waals surface area contributed by atoms with Gasteiger partial charge in [0.1, 0.15) is 0 Å². The first-order valence-corrected chi connectivity index (χ1v) is 15.9. The summed E-state index contributed by atoms with van der Waals surface area (Å²) in [6, 6.07) is 0. The molecule has 0 spiro atoms. The van der Waals surface area contributed by atoms with Gasteiger partial charge < -0.3 is 0 Å². The van der Waals surface area contributed by atoms with Crippen LogP contribution >= 0.6 is 0 Å². The van der Waals surface area contributed by atoms with Crippen molar-refractivity contribution in [1.82, 2.24) is 0 Å². The summed E-state index contributed by atoms with van der Waals surface area (Å²) in [5.74, 6) is 6.34. The molecule has 0 aromatic heterocycles. The van der Waals surface area contributed by atoms with E-state index in [1.165, 1.54) is 0 Å². The van der Waals surface area contributed by atoms with Crippen LogP contribution in [-0.2, 0) is 0 Å². The Labute approximate surface area is 149 Å². The van der Waals surface area contributed by atoms with E-state index in [0.717, 1.165) is 71.4 Å². The topological polar surface area (TPSA) is 0 Å². The van der Waals surface area contributed by atoms with Crippen LogP contribution in [-0.4, -0.2) is 26.3 Å². The fourth-order valence-electron chi connectivity index (χ4n) is 6.60. The van der Waals surface area contributed by atoms with Crippen molar-refractivity contribution in [3.8, 4) is 0 Å². The molecule has 8 atom stereocenters. The second-order valence-electron chi connectivity index (χ2n) is 10.2. The fraction of sp³-hybridized carbons (Fsp3) is 1.00. The third kappa shape index (κ3) is 2.20. The van der Waals surface area contributed by atoms with E-state index in [0.29, 0.717) is 10.8 Å². The van der Waals surface area contributed by atoms with Crippen molar-refractivity contribution < 1.29 is 0 Å². The zero-order valence-corrected chi connectivity index (χ0v) is 18.7. The van der Waals surface area contributed by atoms with Gasteiger partial charge in [-0.05, 0) is 0 Å². The quantitative estimate of drug-likeness (QED) is 0.532. The van der Waals surface area contributed by atoms with Crippen LogP contribution in [0.3, 0.4) is 0 Å². The first-order valence-electron chi connectivity index (χ1n) is 9.55. The van der Waals surface area contributed by atoms with Crippen LogP contribution in [0.2, 0.25) is 9.63 Å². The molecule has 0 amide bonds. The van der Waals surface area contributed by atoms with Crippen molar-refractivity contribution in [1.29, 1.82) is 0 Å². The van der Waals surface area contributed by atoms with E-state index in [1.807, 2.05) is 0 Å². The second kappa shape index (κ2) is 5.27. The molecule has 0 heterocycles. The average molecular weight is 432 g/mol. The summed E-state index contributed by atoms with van der Waals surface area (Å²) in [6.45, 7) is 15.4. The van der Waals surface area contributed by atoms with Gasteiger partial charge in [0.15, 0.2) is 0 Å². The molecule has 0 nitrogen and oxygen atoms in total. The third-order valence-electron chi connectivity index (χ3n) is 8.87. The summed E-state index contributed by atoms with van der Waals surface area (Å²) in [4.78, 5) is 2.28. The van der Waals surface area contributed by atoms with Gasteiger partial charge in [-0.15, -0.1) is 0 Å². The maximum absolute atomic E-state index is 2.61. The Kier molecular flexibility index (Phi) is 3.95. The molecule has 0 N–H and O–H groups in total. The van der Waals surface area contributed by atoms with Crippen molar-refractivity contribution in [2.45, 2.75) is 76.9 Å². The van der Waals surface area contributed by atoms with Crippen LogP contribution < -0.4 is 0 Å². The molecular weight excluding hydrogens is 398 g/mol. The predicted molar refractivity (Wildman–Crippen MR) is 97.3 cm³/mol. The zero-order chi connectivity index (χ0) is 15.9. The maximum atomic E-state index is 2.61. The number of fused-ring (bicyclic) bond motifs is 4. The zero-order valence-electron chi connectivity index (χ0n) is 15.3. The molecule has 6 aliphatic carbocycles. The Morgan fingerprint density at radius 3 is 1.27 bits per heavy atom. The summed E-state index contributed by atoms with van der Waals surface area (Å²) in [6.07, 6.45) is 6.30. The minimum absolute atomic E-state index is 0.683. The molecule has 0 aromatic carbocycles. The van der Waals surface area contributed by atoms with Gasteiger partial charge in [0.05, 0.1) is 0 Å². The molecule has 22 heavy (non-hydrogen) atoms. The Hall–Kier alpha value is 1.04. The molecular formula is C20H34Se2. The second-order valence-corrected chi connectivity index (χ2v) is 17.7. The number of rotatable bonds is 3. The summed E-state index contributed by atoms with van der Waals surface area (Å²) < 4.78 is 0. The Morgan fingerprint density at radius 1 is 0.636 bits per heavy atom. The van der Waals surface area contributed by atoms with E-state index in [-0.39, 0.29) is 0 Å². The molecule has 2 heteroatoms. The molecule has 0 radical (unpaired) electrons. The van der Waals surface area contributed by atoms with E-state index in [1.54, 1.807) is 25.7 Å². The molecule has 6 aliphatic rings. The standard InChI is InChI=1S/C20H34Se2/c1-11-15-7-13(19(15,3)4)9-17(11)21-22-18-10-14-8-16(12(18)2)20(14,5)6/h11-18H,7-10H2,1-6H3/t11-,12-,13+,14+,15-,16-,17+,18+/m1/s1. The fourth-order valence-corrected chi connectivity index (χ4v) is 18.7. The molecule has 0 saturated heterocycles. The van der Waals surface area contributed by atoms with E-state index >= 15 is 0 Å².